The fraction of sp³-hybridized carbons (Fsp3) is 0.412. The zero-order valence-corrected chi connectivity index (χ0v) is 14.9. The van der Waals surface area contributed by atoms with Crippen LogP contribution < -0.4 is 10.6 Å². The van der Waals surface area contributed by atoms with Gasteiger partial charge in [-0.25, -0.2) is 0 Å². The van der Waals surface area contributed by atoms with Gasteiger partial charge in [-0.1, -0.05) is 0 Å². The Morgan fingerprint density at radius 3 is 2.58 bits per heavy atom. The van der Waals surface area contributed by atoms with Crippen LogP contribution in [0.25, 0.3) is 11.0 Å². The number of carbonyl (C=O) groups is 2. The lowest BCUT2D eigenvalue weighted by atomic mass is 10.1. The number of ether oxygens (including phenoxy) is 1. The van der Waals surface area contributed by atoms with Gasteiger partial charge < -0.3 is 19.8 Å². The fourth-order valence-corrected chi connectivity index (χ4v) is 3.79. The largest absolute Gasteiger partial charge is 0.459 e. The first-order chi connectivity index (χ1) is 11.5. The highest BCUT2D eigenvalue weighted by Crippen LogP contribution is 2.44. The summed E-state index contributed by atoms with van der Waals surface area (Å²) < 4.78 is 11.8. The van der Waals surface area contributed by atoms with E-state index in [-0.39, 0.29) is 17.9 Å². The number of aryl methyl sites for hydroxylation is 1. The van der Waals surface area contributed by atoms with Gasteiger partial charge in [0.15, 0.2) is 0 Å². The van der Waals surface area contributed by atoms with Crippen LogP contribution in [0.4, 0.5) is 0 Å². The molecule has 1 saturated carbocycles. The Kier molecular flexibility index (Phi) is 3.65. The molecule has 1 saturated heterocycles. The van der Waals surface area contributed by atoms with Gasteiger partial charge in [-0.2, -0.15) is 0 Å². The molecule has 126 valence electrons. The summed E-state index contributed by atoms with van der Waals surface area (Å²) in [5.41, 5.74) is 1.29. The molecule has 2 aliphatic rings. The average Bonchev–Trinajstić information content (AvgIpc) is 2.92. The topological polar surface area (TPSA) is 80.6 Å². The van der Waals surface area contributed by atoms with Crippen molar-refractivity contribution in [1.29, 1.82) is 0 Å². The first-order valence-electron chi connectivity index (χ1n) is 7.84. The molecule has 1 aromatic carbocycles. The summed E-state index contributed by atoms with van der Waals surface area (Å²) >= 11 is 3.47. The molecule has 24 heavy (non-hydrogen) atoms. The van der Waals surface area contributed by atoms with E-state index in [0.717, 1.165) is 9.86 Å². The third kappa shape index (κ3) is 2.34. The summed E-state index contributed by atoms with van der Waals surface area (Å²) in [4.78, 5) is 24.8. The Hall–Kier alpha value is -1.86. The molecule has 6 nitrogen and oxygen atoms in total. The van der Waals surface area contributed by atoms with Gasteiger partial charge in [0.2, 0.25) is 0 Å². The van der Waals surface area contributed by atoms with E-state index in [4.69, 9.17) is 9.15 Å². The van der Waals surface area contributed by atoms with E-state index in [9.17, 15) is 9.59 Å². The molecule has 4 rings (SSSR count). The number of nitrogens with one attached hydrogen (secondary N) is 2. The molecule has 3 atom stereocenters. The lowest BCUT2D eigenvalue weighted by Gasteiger charge is -2.09. The molecule has 1 aromatic heterocycles. The Balaban J connectivity index is 1.71. The van der Waals surface area contributed by atoms with Crippen molar-refractivity contribution in [3.05, 3.63) is 33.5 Å². The minimum absolute atomic E-state index is 0.174. The van der Waals surface area contributed by atoms with Crippen LogP contribution in [0.2, 0.25) is 0 Å². The fourth-order valence-electron chi connectivity index (χ4n) is 3.41. The van der Waals surface area contributed by atoms with Crippen LogP contribution in [0.3, 0.4) is 0 Å². The maximum Gasteiger partial charge on any atom is 0.254 e. The number of carbonyl (C=O) groups excluding carboxylic acids is 2. The van der Waals surface area contributed by atoms with Crippen molar-refractivity contribution in [3.8, 4) is 0 Å². The van der Waals surface area contributed by atoms with E-state index >= 15 is 0 Å². The van der Waals surface area contributed by atoms with E-state index in [0.29, 0.717) is 47.5 Å². The number of benzene rings is 1. The van der Waals surface area contributed by atoms with Crippen molar-refractivity contribution in [2.75, 3.05) is 20.3 Å². The van der Waals surface area contributed by atoms with E-state index < -0.39 is 0 Å². The molecule has 0 bridgehead atoms. The average molecular weight is 393 g/mol. The summed E-state index contributed by atoms with van der Waals surface area (Å²) in [5.74, 6) is 1.07. The lowest BCUT2D eigenvalue weighted by molar-refractivity contribution is 0.0929. The van der Waals surface area contributed by atoms with Crippen molar-refractivity contribution in [1.82, 2.24) is 10.6 Å². The Morgan fingerprint density at radius 2 is 1.92 bits per heavy atom. The highest BCUT2D eigenvalue weighted by atomic mass is 79.9. The van der Waals surface area contributed by atoms with Gasteiger partial charge in [-0.15, -0.1) is 0 Å². The molecule has 1 unspecified atom stereocenters. The van der Waals surface area contributed by atoms with Crippen molar-refractivity contribution in [2.24, 2.45) is 11.8 Å². The van der Waals surface area contributed by atoms with Crippen molar-refractivity contribution >= 4 is 38.7 Å². The number of hydrogen-bond acceptors (Lipinski definition) is 4. The van der Waals surface area contributed by atoms with Crippen LogP contribution in [0, 0.1) is 18.8 Å². The van der Waals surface area contributed by atoms with E-state index in [1.807, 2.05) is 6.92 Å². The lowest BCUT2D eigenvalue weighted by Crippen LogP contribution is -2.30. The van der Waals surface area contributed by atoms with Crippen LogP contribution >= 0.6 is 15.9 Å². The molecule has 2 aromatic rings. The van der Waals surface area contributed by atoms with Crippen molar-refractivity contribution < 1.29 is 18.7 Å². The number of halogens is 1. The molecule has 0 spiro atoms. The van der Waals surface area contributed by atoms with Gasteiger partial charge in [0.25, 0.3) is 11.8 Å². The highest BCUT2D eigenvalue weighted by molar-refractivity contribution is 9.10. The van der Waals surface area contributed by atoms with Gasteiger partial charge in [0.1, 0.15) is 11.3 Å². The minimum Gasteiger partial charge on any atom is -0.459 e. The summed E-state index contributed by atoms with van der Waals surface area (Å²) in [5, 5.41) is 6.36. The number of furan rings is 1. The quantitative estimate of drug-likeness (QED) is 0.838. The Morgan fingerprint density at radius 1 is 1.21 bits per heavy atom. The second-order valence-corrected chi connectivity index (χ2v) is 7.11. The second-order valence-electron chi connectivity index (χ2n) is 6.32. The van der Waals surface area contributed by atoms with Crippen LogP contribution in [-0.2, 0) is 4.74 Å². The summed E-state index contributed by atoms with van der Waals surface area (Å²) in [6.45, 7) is 3.23. The van der Waals surface area contributed by atoms with Crippen LogP contribution in [0.5, 0.6) is 0 Å². The third-order valence-corrected chi connectivity index (χ3v) is 5.86. The zero-order chi connectivity index (χ0) is 17.0. The standard InChI is InChI=1S/C17H17BrN2O4/c1-7-13(18)9-3-8(4-10(15(9)24-7)17(22)19-2)16(21)20-14-11-5-23-6-12(11)14/h3-4,11-12,14H,5-6H2,1-2H3,(H,19,22)(H,20,21)/t11-,12+,14?. The van der Waals surface area contributed by atoms with E-state index in [2.05, 4.69) is 26.6 Å². The maximum atomic E-state index is 12.6. The van der Waals surface area contributed by atoms with Crippen LogP contribution in [-0.4, -0.2) is 38.1 Å². The summed E-state index contributed by atoms with van der Waals surface area (Å²) in [7, 11) is 1.55. The Labute approximate surface area is 147 Å². The SMILES string of the molecule is CNC(=O)c1cc(C(=O)NC2[C@H]3COC[C@@H]23)cc2c(Br)c(C)oc12. The minimum atomic E-state index is -0.285. The maximum absolute atomic E-state index is 12.6. The van der Waals surface area contributed by atoms with E-state index in [1.165, 1.54) is 0 Å². The highest BCUT2D eigenvalue weighted by Gasteiger charge is 2.54. The summed E-state index contributed by atoms with van der Waals surface area (Å²) in [6.07, 6.45) is 0. The molecule has 0 radical (unpaired) electrons. The number of rotatable bonds is 3. The number of fused-ring (bicyclic) bond motifs is 2. The number of hydrogen-bond donors (Lipinski definition) is 2. The molecule has 1 aliphatic carbocycles. The van der Waals surface area contributed by atoms with Gasteiger partial charge in [0, 0.05) is 35.9 Å². The van der Waals surface area contributed by atoms with Crippen molar-refractivity contribution in [2.45, 2.75) is 13.0 Å². The first-order valence-corrected chi connectivity index (χ1v) is 8.64. The monoisotopic (exact) mass is 392 g/mol. The second kappa shape index (κ2) is 5.60. The van der Waals surface area contributed by atoms with Crippen molar-refractivity contribution in [3.63, 3.8) is 0 Å². The normalized spacial score (nSPS) is 24.7. The zero-order valence-electron chi connectivity index (χ0n) is 13.3. The molecular formula is C17H17BrN2O4. The van der Waals surface area contributed by atoms with E-state index in [1.54, 1.807) is 19.2 Å². The number of amides is 2. The van der Waals surface area contributed by atoms with Gasteiger partial charge >= 0.3 is 0 Å². The molecular weight excluding hydrogens is 376 g/mol. The van der Waals surface area contributed by atoms with Gasteiger partial charge in [-0.3, -0.25) is 9.59 Å². The predicted molar refractivity (Wildman–Crippen MR) is 91.1 cm³/mol. The van der Waals surface area contributed by atoms with Gasteiger partial charge in [0.05, 0.1) is 23.2 Å². The smallest absolute Gasteiger partial charge is 0.254 e. The van der Waals surface area contributed by atoms with Crippen LogP contribution in [0.15, 0.2) is 21.0 Å². The summed E-state index contributed by atoms with van der Waals surface area (Å²) in [6, 6.07) is 3.52. The first kappa shape index (κ1) is 15.7. The predicted octanol–water partition coefficient (Wildman–Crippen LogP) is 2.24. The molecule has 1 aliphatic heterocycles. The molecule has 2 fully saturated rings. The van der Waals surface area contributed by atoms with Crippen LogP contribution in [0.1, 0.15) is 26.5 Å². The third-order valence-electron chi connectivity index (χ3n) is 4.87. The Bertz CT molecular complexity index is 850. The molecule has 2 heterocycles. The van der Waals surface area contributed by atoms with Gasteiger partial charge in [-0.05, 0) is 35.0 Å². The molecule has 2 N–H and O–H groups in total. The molecule has 2 amide bonds. The molecule has 7 heteroatoms.